The average Bonchev–Trinajstić information content (AvgIpc) is 3.88. The molecule has 0 N–H and O–H groups in total. The zero-order chi connectivity index (χ0) is 33.8. The van der Waals surface area contributed by atoms with Crippen molar-refractivity contribution in [2.24, 2.45) is 0 Å². The summed E-state index contributed by atoms with van der Waals surface area (Å²) < 4.78 is 9.89. The third-order valence-electron chi connectivity index (χ3n) is 5.69. The summed E-state index contributed by atoms with van der Waals surface area (Å²) in [5.74, 6) is -4.52. The smallest absolute Gasteiger partial charge is 0.545 e. The molecule has 2 aliphatic rings. The molecule has 0 unspecified atom stereocenters. The average molecular weight is 831 g/mol. The normalized spacial score (nSPS) is 11.7. The number of rotatable bonds is 4. The largest absolute Gasteiger partial charge is 2.00 e. The van der Waals surface area contributed by atoms with Crippen molar-refractivity contribution < 1.29 is 88.0 Å². The van der Waals surface area contributed by atoms with E-state index in [1.165, 1.54) is 74.2 Å². The summed E-state index contributed by atoms with van der Waals surface area (Å²) in [4.78, 5) is 40.4. The maximum Gasteiger partial charge on any atom is 2.00 e. The standard InChI is InChI=1S/4C7H6O2.2C4H8O.2Ru/c4*8-7(9)6-4-2-1-3-5-6;2*1-2-4-5-3-1;;/h4*1-5H,(H,8,9);2*1-4H2;;/q;;;;;;2*+2/p-4. The summed E-state index contributed by atoms with van der Waals surface area (Å²) in [5, 5.41) is 40.4. The van der Waals surface area contributed by atoms with Gasteiger partial charge in [-0.1, -0.05) is 121 Å². The number of carboxylic acids is 4. The van der Waals surface area contributed by atoms with Crippen molar-refractivity contribution in [1.82, 2.24) is 0 Å². The number of carboxylic acid groups (broad SMARTS) is 4. The van der Waals surface area contributed by atoms with Gasteiger partial charge in [0, 0.05) is 26.4 Å². The van der Waals surface area contributed by atoms with Gasteiger partial charge in [0.2, 0.25) is 0 Å². The molecule has 2 aliphatic heterocycles. The van der Waals surface area contributed by atoms with E-state index in [1.807, 2.05) is 0 Å². The first-order valence-corrected chi connectivity index (χ1v) is 14.4. The molecule has 2 heterocycles. The number of ether oxygens (including phenoxy) is 2. The van der Waals surface area contributed by atoms with E-state index in [0.29, 0.717) is 0 Å². The Kier molecular flexibility index (Phi) is 29.0. The van der Waals surface area contributed by atoms with E-state index in [1.54, 1.807) is 72.8 Å². The summed E-state index contributed by atoms with van der Waals surface area (Å²) in [7, 11) is 0. The molecule has 4 aromatic rings. The number of aromatic carboxylic acids is 4. The van der Waals surface area contributed by atoms with Gasteiger partial charge in [-0.2, -0.15) is 0 Å². The van der Waals surface area contributed by atoms with E-state index in [0.717, 1.165) is 26.4 Å². The number of carbonyl (C=O) groups excluding carboxylic acids is 4. The van der Waals surface area contributed by atoms with Crippen molar-refractivity contribution in [2.45, 2.75) is 25.7 Å². The molecule has 0 bridgehead atoms. The first-order chi connectivity index (χ1) is 22.2. The van der Waals surface area contributed by atoms with Crippen molar-refractivity contribution in [1.29, 1.82) is 0 Å². The molecule has 0 aliphatic carbocycles. The fourth-order valence-electron chi connectivity index (χ4n) is 3.32. The number of hydrogen-bond donors (Lipinski definition) is 0. The van der Waals surface area contributed by atoms with Crippen LogP contribution in [0.25, 0.3) is 0 Å². The molecular weight excluding hydrogens is 795 g/mol. The number of benzene rings is 4. The van der Waals surface area contributed by atoms with Crippen LogP contribution in [0.5, 0.6) is 0 Å². The van der Waals surface area contributed by atoms with Crippen molar-refractivity contribution in [3.63, 3.8) is 0 Å². The van der Waals surface area contributed by atoms with E-state index in [-0.39, 0.29) is 61.2 Å². The van der Waals surface area contributed by atoms with Crippen molar-refractivity contribution in [2.75, 3.05) is 26.4 Å². The summed E-state index contributed by atoms with van der Waals surface area (Å²) >= 11 is 0. The van der Waals surface area contributed by atoms with Crippen LogP contribution in [-0.4, -0.2) is 50.3 Å². The molecule has 48 heavy (non-hydrogen) atoms. The monoisotopic (exact) mass is 832 g/mol. The quantitative estimate of drug-likeness (QED) is 0.276. The van der Waals surface area contributed by atoms with Gasteiger partial charge < -0.3 is 49.1 Å². The Balaban J connectivity index is 0. The maximum absolute atomic E-state index is 10.1. The van der Waals surface area contributed by atoms with Gasteiger partial charge in [0.25, 0.3) is 0 Å². The van der Waals surface area contributed by atoms with E-state index >= 15 is 0 Å². The molecule has 12 heteroatoms. The van der Waals surface area contributed by atoms with Crippen LogP contribution in [-0.2, 0) is 48.4 Å². The number of carbonyl (C=O) groups is 4. The fraction of sp³-hybridized carbons (Fsp3) is 0.222. The zero-order valence-electron chi connectivity index (χ0n) is 26.0. The molecule has 2 saturated heterocycles. The Morgan fingerprint density at radius 1 is 0.354 bits per heavy atom. The molecule has 0 spiro atoms. The minimum atomic E-state index is -1.13. The summed E-state index contributed by atoms with van der Waals surface area (Å²) in [6.07, 6.45) is 5.11. The predicted octanol–water partition coefficient (Wildman–Crippen LogP) is 1.79. The third-order valence-corrected chi connectivity index (χ3v) is 5.69. The van der Waals surface area contributed by atoms with Crippen LogP contribution >= 0.6 is 0 Å². The van der Waals surface area contributed by atoms with Crippen molar-refractivity contribution in [3.05, 3.63) is 144 Å². The molecule has 6 rings (SSSR count). The van der Waals surface area contributed by atoms with E-state index in [9.17, 15) is 39.6 Å². The Hall–Kier alpha value is -4.07. The molecule has 0 atom stereocenters. The van der Waals surface area contributed by atoms with Gasteiger partial charge in [-0.05, 0) is 47.9 Å². The van der Waals surface area contributed by atoms with Gasteiger partial charge in [-0.3, -0.25) is 0 Å². The van der Waals surface area contributed by atoms with Crippen LogP contribution in [0.2, 0.25) is 0 Å². The first kappa shape index (κ1) is 46.0. The first-order valence-electron chi connectivity index (χ1n) is 14.4. The van der Waals surface area contributed by atoms with Crippen LogP contribution in [0, 0.1) is 0 Å². The second kappa shape index (κ2) is 30.3. The second-order valence-corrected chi connectivity index (χ2v) is 9.25. The van der Waals surface area contributed by atoms with E-state index in [2.05, 4.69) is 0 Å². The summed E-state index contributed by atoms with van der Waals surface area (Å²) in [6.45, 7) is 4.00. The number of hydrogen-bond acceptors (Lipinski definition) is 10. The van der Waals surface area contributed by atoms with Crippen LogP contribution in [0.15, 0.2) is 121 Å². The van der Waals surface area contributed by atoms with Crippen LogP contribution in [0.3, 0.4) is 0 Å². The van der Waals surface area contributed by atoms with Gasteiger partial charge in [-0.25, -0.2) is 0 Å². The van der Waals surface area contributed by atoms with Crippen molar-refractivity contribution in [3.8, 4) is 0 Å². The third kappa shape index (κ3) is 24.1. The molecule has 256 valence electrons. The molecule has 4 aromatic carbocycles. The van der Waals surface area contributed by atoms with Gasteiger partial charge >= 0.3 is 39.0 Å². The summed E-state index contributed by atoms with van der Waals surface area (Å²) in [6, 6.07) is 32.3. The van der Waals surface area contributed by atoms with Crippen LogP contribution in [0.1, 0.15) is 67.1 Å². The van der Waals surface area contributed by atoms with E-state index in [4.69, 9.17) is 9.47 Å². The van der Waals surface area contributed by atoms with Gasteiger partial charge in [0.15, 0.2) is 0 Å². The molecule has 0 amide bonds. The fourth-order valence-corrected chi connectivity index (χ4v) is 3.32. The predicted molar refractivity (Wildman–Crippen MR) is 163 cm³/mol. The van der Waals surface area contributed by atoms with E-state index < -0.39 is 23.9 Å². The Morgan fingerprint density at radius 2 is 0.521 bits per heavy atom. The Labute approximate surface area is 306 Å². The zero-order valence-corrected chi connectivity index (χ0v) is 29.5. The molecular formula is C36H36O10Ru2. The van der Waals surface area contributed by atoms with Crippen LogP contribution < -0.4 is 20.4 Å². The maximum atomic E-state index is 10.1. The van der Waals surface area contributed by atoms with Crippen LogP contribution in [0.4, 0.5) is 0 Å². The SMILES string of the molecule is C1CCOC1.C1CCOC1.O=C([O-])c1ccccc1.O=C([O-])c1ccccc1.O=C([O-])c1ccccc1.O=C([O-])c1ccccc1.[Ru+2].[Ru+2]. The Morgan fingerprint density at radius 3 is 0.604 bits per heavy atom. The molecule has 0 saturated carbocycles. The Bertz CT molecular complexity index is 1160. The van der Waals surface area contributed by atoms with Gasteiger partial charge in [-0.15, -0.1) is 0 Å². The minimum Gasteiger partial charge on any atom is -0.545 e. The molecule has 10 nitrogen and oxygen atoms in total. The minimum absolute atomic E-state index is 0. The van der Waals surface area contributed by atoms with Crippen molar-refractivity contribution >= 4 is 23.9 Å². The van der Waals surface area contributed by atoms with Gasteiger partial charge in [0.1, 0.15) is 0 Å². The molecule has 0 radical (unpaired) electrons. The molecule has 2 fully saturated rings. The van der Waals surface area contributed by atoms with Gasteiger partial charge in [0.05, 0.1) is 23.9 Å². The summed E-state index contributed by atoms with van der Waals surface area (Å²) in [5.41, 5.74) is 0.880. The molecule has 0 aromatic heterocycles. The topological polar surface area (TPSA) is 179 Å². The second-order valence-electron chi connectivity index (χ2n) is 9.25.